The third kappa shape index (κ3) is 7.79. The maximum atomic E-state index is 12.2. The largest absolute Gasteiger partial charge is 0.396 e. The zero-order chi connectivity index (χ0) is 19.5. The summed E-state index contributed by atoms with van der Waals surface area (Å²) < 4.78 is 27.1. The Labute approximate surface area is 162 Å². The average molecular weight is 391 g/mol. The Morgan fingerprint density at radius 2 is 1.81 bits per heavy atom. The van der Waals surface area contributed by atoms with Crippen LogP contribution in [0.25, 0.3) is 0 Å². The van der Waals surface area contributed by atoms with Crippen molar-refractivity contribution in [3.8, 4) is 0 Å². The standard InChI is InChI=1S/C21H30N2O3S/c1-18-10-12-21(13-11-18)27(25,26)23-15-3-2-6-20(17-24)8-4-7-19-9-5-14-22-16-19/h5,9-14,16,20,23-24H,2-4,6-8,15,17H2,1H3. The molecule has 0 amide bonds. The second-order valence-electron chi connectivity index (χ2n) is 7.01. The van der Waals surface area contributed by atoms with E-state index < -0.39 is 10.0 Å². The molecule has 0 spiro atoms. The fourth-order valence-electron chi connectivity index (χ4n) is 3.03. The number of nitrogens with one attached hydrogen (secondary N) is 1. The van der Waals surface area contributed by atoms with E-state index in [0.717, 1.165) is 44.1 Å². The minimum absolute atomic E-state index is 0.183. The first-order chi connectivity index (χ1) is 13.0. The number of aromatic nitrogens is 1. The highest BCUT2D eigenvalue weighted by Crippen LogP contribution is 2.16. The van der Waals surface area contributed by atoms with Crippen molar-refractivity contribution >= 4 is 10.0 Å². The molecule has 6 heteroatoms. The van der Waals surface area contributed by atoms with E-state index in [4.69, 9.17) is 0 Å². The summed E-state index contributed by atoms with van der Waals surface area (Å²) in [5.41, 5.74) is 2.26. The number of rotatable bonds is 12. The summed E-state index contributed by atoms with van der Waals surface area (Å²) in [4.78, 5) is 4.42. The highest BCUT2D eigenvalue weighted by molar-refractivity contribution is 7.89. The Kier molecular flexibility index (Phi) is 8.91. The Bertz CT molecular complexity index is 762. The summed E-state index contributed by atoms with van der Waals surface area (Å²) in [5.74, 6) is 0.273. The number of sulfonamides is 1. The summed E-state index contributed by atoms with van der Waals surface area (Å²) in [7, 11) is -3.43. The predicted octanol–water partition coefficient (Wildman–Crippen LogP) is 3.47. The van der Waals surface area contributed by atoms with Gasteiger partial charge in [-0.2, -0.15) is 0 Å². The summed E-state index contributed by atoms with van der Waals surface area (Å²) >= 11 is 0. The van der Waals surface area contributed by atoms with Crippen LogP contribution in [0.3, 0.4) is 0 Å². The van der Waals surface area contributed by atoms with Crippen LogP contribution in [0.2, 0.25) is 0 Å². The fourth-order valence-corrected chi connectivity index (χ4v) is 4.11. The van der Waals surface area contributed by atoms with Crippen molar-refractivity contribution in [3.63, 3.8) is 0 Å². The first-order valence-corrected chi connectivity index (χ1v) is 11.1. The van der Waals surface area contributed by atoms with E-state index in [1.165, 1.54) is 5.56 Å². The second kappa shape index (κ2) is 11.2. The molecule has 0 bridgehead atoms. The van der Waals surface area contributed by atoms with E-state index >= 15 is 0 Å². The topological polar surface area (TPSA) is 79.3 Å². The minimum atomic E-state index is -3.43. The van der Waals surface area contributed by atoms with Crippen molar-refractivity contribution in [3.05, 3.63) is 59.9 Å². The normalized spacial score (nSPS) is 12.8. The Balaban J connectivity index is 1.63. The zero-order valence-electron chi connectivity index (χ0n) is 16.0. The summed E-state index contributed by atoms with van der Waals surface area (Å²) in [6.07, 6.45) is 9.20. The number of aryl methyl sites for hydroxylation is 2. The van der Waals surface area contributed by atoms with E-state index in [2.05, 4.69) is 15.8 Å². The molecular formula is C21H30N2O3S. The van der Waals surface area contributed by atoms with Crippen LogP contribution in [0, 0.1) is 12.8 Å². The first kappa shape index (κ1) is 21.5. The van der Waals surface area contributed by atoms with Gasteiger partial charge in [-0.05, 0) is 68.7 Å². The van der Waals surface area contributed by atoms with Crippen LogP contribution in [0.5, 0.6) is 0 Å². The van der Waals surface area contributed by atoms with Crippen LogP contribution >= 0.6 is 0 Å². The molecule has 0 saturated heterocycles. The number of benzene rings is 1. The number of aliphatic hydroxyl groups excluding tert-OH is 1. The molecule has 1 atom stereocenters. The summed E-state index contributed by atoms with van der Waals surface area (Å²) in [6.45, 7) is 2.53. The molecule has 1 aromatic heterocycles. The van der Waals surface area contributed by atoms with Crippen molar-refractivity contribution in [2.45, 2.75) is 50.3 Å². The highest BCUT2D eigenvalue weighted by Gasteiger charge is 2.13. The van der Waals surface area contributed by atoms with Crippen molar-refractivity contribution in [2.75, 3.05) is 13.2 Å². The number of aliphatic hydroxyl groups is 1. The molecule has 0 aliphatic rings. The molecule has 27 heavy (non-hydrogen) atoms. The molecule has 148 valence electrons. The molecule has 0 fully saturated rings. The number of pyridine rings is 1. The molecule has 1 heterocycles. The number of hydrogen-bond donors (Lipinski definition) is 2. The van der Waals surface area contributed by atoms with Crippen LogP contribution in [-0.4, -0.2) is 31.7 Å². The van der Waals surface area contributed by atoms with Crippen LogP contribution in [0.15, 0.2) is 53.7 Å². The van der Waals surface area contributed by atoms with Gasteiger partial charge >= 0.3 is 0 Å². The van der Waals surface area contributed by atoms with Gasteiger partial charge in [0.1, 0.15) is 0 Å². The lowest BCUT2D eigenvalue weighted by Gasteiger charge is -2.14. The average Bonchev–Trinajstić information content (AvgIpc) is 2.67. The molecule has 5 nitrogen and oxygen atoms in total. The molecule has 1 aromatic carbocycles. The minimum Gasteiger partial charge on any atom is -0.396 e. The third-order valence-corrected chi connectivity index (χ3v) is 6.20. The molecule has 0 aliphatic heterocycles. The van der Waals surface area contributed by atoms with E-state index in [1.54, 1.807) is 30.5 Å². The Morgan fingerprint density at radius 3 is 2.48 bits per heavy atom. The molecular weight excluding hydrogens is 360 g/mol. The van der Waals surface area contributed by atoms with E-state index in [9.17, 15) is 13.5 Å². The lowest BCUT2D eigenvalue weighted by molar-refractivity contribution is 0.205. The molecule has 0 saturated carbocycles. The van der Waals surface area contributed by atoms with Gasteiger partial charge in [-0.15, -0.1) is 0 Å². The molecule has 1 unspecified atom stereocenters. The SMILES string of the molecule is Cc1ccc(S(=O)(=O)NCCCCC(CO)CCCc2cccnc2)cc1. The van der Waals surface area contributed by atoms with Crippen molar-refractivity contribution in [1.29, 1.82) is 0 Å². The number of unbranched alkanes of at least 4 members (excludes halogenated alkanes) is 1. The van der Waals surface area contributed by atoms with Gasteiger partial charge in [-0.3, -0.25) is 4.98 Å². The van der Waals surface area contributed by atoms with Crippen LogP contribution in [0.4, 0.5) is 0 Å². The highest BCUT2D eigenvalue weighted by atomic mass is 32.2. The quantitative estimate of drug-likeness (QED) is 0.544. The van der Waals surface area contributed by atoms with Gasteiger partial charge in [0, 0.05) is 25.5 Å². The Hall–Kier alpha value is -1.76. The van der Waals surface area contributed by atoms with Gasteiger partial charge in [-0.1, -0.05) is 30.2 Å². The fraction of sp³-hybridized carbons (Fsp3) is 0.476. The van der Waals surface area contributed by atoms with Gasteiger partial charge in [0.15, 0.2) is 0 Å². The Morgan fingerprint density at radius 1 is 1.07 bits per heavy atom. The van der Waals surface area contributed by atoms with Gasteiger partial charge in [0.2, 0.25) is 10.0 Å². The predicted molar refractivity (Wildman–Crippen MR) is 108 cm³/mol. The molecule has 0 radical (unpaired) electrons. The third-order valence-electron chi connectivity index (χ3n) is 4.72. The number of hydrogen-bond acceptors (Lipinski definition) is 4. The molecule has 2 rings (SSSR count). The van der Waals surface area contributed by atoms with Crippen molar-refractivity contribution < 1.29 is 13.5 Å². The van der Waals surface area contributed by atoms with Gasteiger partial charge in [-0.25, -0.2) is 13.1 Å². The van der Waals surface area contributed by atoms with E-state index in [1.807, 2.05) is 19.2 Å². The first-order valence-electron chi connectivity index (χ1n) is 9.57. The van der Waals surface area contributed by atoms with Gasteiger partial charge < -0.3 is 5.11 Å². The molecule has 2 N–H and O–H groups in total. The van der Waals surface area contributed by atoms with Gasteiger partial charge in [0.25, 0.3) is 0 Å². The zero-order valence-corrected chi connectivity index (χ0v) is 16.8. The maximum absolute atomic E-state index is 12.2. The van der Waals surface area contributed by atoms with Crippen LogP contribution in [-0.2, 0) is 16.4 Å². The summed E-state index contributed by atoms with van der Waals surface area (Å²) in [6, 6.07) is 10.9. The smallest absolute Gasteiger partial charge is 0.240 e. The molecule has 0 aliphatic carbocycles. The molecule has 2 aromatic rings. The van der Waals surface area contributed by atoms with Crippen molar-refractivity contribution in [1.82, 2.24) is 9.71 Å². The second-order valence-corrected chi connectivity index (χ2v) is 8.78. The van der Waals surface area contributed by atoms with E-state index in [0.29, 0.717) is 11.4 Å². The summed E-state index contributed by atoms with van der Waals surface area (Å²) in [5, 5.41) is 9.56. The van der Waals surface area contributed by atoms with Crippen molar-refractivity contribution in [2.24, 2.45) is 5.92 Å². The number of nitrogens with zero attached hydrogens (tertiary/aromatic N) is 1. The van der Waals surface area contributed by atoms with Gasteiger partial charge in [0.05, 0.1) is 4.90 Å². The maximum Gasteiger partial charge on any atom is 0.240 e. The van der Waals surface area contributed by atoms with Crippen LogP contribution < -0.4 is 4.72 Å². The lowest BCUT2D eigenvalue weighted by atomic mass is 9.95. The van der Waals surface area contributed by atoms with E-state index in [-0.39, 0.29) is 12.5 Å². The lowest BCUT2D eigenvalue weighted by Crippen LogP contribution is -2.24. The monoisotopic (exact) mass is 390 g/mol. The van der Waals surface area contributed by atoms with Crippen LogP contribution in [0.1, 0.15) is 43.2 Å².